The molecule has 3 rings (SSSR count). The Morgan fingerprint density at radius 1 is 0.794 bits per heavy atom. The van der Waals surface area contributed by atoms with Crippen LogP contribution in [-0.2, 0) is 6.11 Å². The second-order valence-corrected chi connectivity index (χ2v) is 9.57. The van der Waals surface area contributed by atoms with Crippen LogP contribution in [0, 0.1) is 23.4 Å². The monoisotopic (exact) mass is 482 g/mol. The molecule has 2 aromatic rings. The molecule has 34 heavy (non-hydrogen) atoms. The van der Waals surface area contributed by atoms with Crippen molar-refractivity contribution in [3.8, 4) is 5.75 Å². The molecule has 0 bridgehead atoms. The van der Waals surface area contributed by atoms with Crippen molar-refractivity contribution in [2.24, 2.45) is 5.92 Å². The minimum Gasteiger partial charge on any atom is -0.429 e. The molecule has 2 aromatic carbocycles. The Bertz CT molecular complexity index is 865. The van der Waals surface area contributed by atoms with Crippen molar-refractivity contribution >= 4 is 0 Å². The molecule has 1 fully saturated rings. The molecule has 0 atom stereocenters. The van der Waals surface area contributed by atoms with Crippen LogP contribution in [0.3, 0.4) is 0 Å². The highest BCUT2D eigenvalue weighted by Gasteiger charge is 2.36. The molecule has 188 valence electrons. The van der Waals surface area contributed by atoms with Crippen molar-refractivity contribution in [2.45, 2.75) is 96.0 Å². The van der Waals surface area contributed by atoms with Crippen LogP contribution in [0.2, 0.25) is 0 Å². The van der Waals surface area contributed by atoms with E-state index in [0.29, 0.717) is 5.92 Å². The van der Waals surface area contributed by atoms with Crippen molar-refractivity contribution in [2.75, 3.05) is 0 Å². The number of hydrogen-bond acceptors (Lipinski definition) is 1. The lowest BCUT2D eigenvalue weighted by Crippen LogP contribution is -2.22. The number of halogens is 5. The van der Waals surface area contributed by atoms with Crippen LogP contribution >= 0.6 is 0 Å². The van der Waals surface area contributed by atoms with Crippen LogP contribution in [0.4, 0.5) is 22.0 Å². The molecule has 1 aliphatic carbocycles. The molecule has 1 saturated carbocycles. The third kappa shape index (κ3) is 7.44. The first-order valence-electron chi connectivity index (χ1n) is 12.6. The summed E-state index contributed by atoms with van der Waals surface area (Å²) in [5.74, 6) is -4.09. The van der Waals surface area contributed by atoms with E-state index < -0.39 is 29.1 Å². The quantitative estimate of drug-likeness (QED) is 0.166. The average Bonchev–Trinajstić information content (AvgIpc) is 2.82. The molecule has 1 aliphatic rings. The zero-order valence-corrected chi connectivity index (χ0v) is 19.9. The Morgan fingerprint density at radius 3 is 1.94 bits per heavy atom. The first kappa shape index (κ1) is 26.5. The number of alkyl halides is 2. The second kappa shape index (κ2) is 12.6. The third-order valence-corrected chi connectivity index (χ3v) is 6.98. The molecule has 6 heteroatoms. The molecule has 0 aliphatic heterocycles. The van der Waals surface area contributed by atoms with Crippen LogP contribution in [-0.4, -0.2) is 0 Å². The fraction of sp³-hybridized carbons (Fsp3) is 0.571. The smallest absolute Gasteiger partial charge is 0.426 e. The highest BCUT2D eigenvalue weighted by atomic mass is 19.3. The first-order chi connectivity index (χ1) is 16.3. The van der Waals surface area contributed by atoms with Crippen molar-refractivity contribution in [3.05, 3.63) is 65.0 Å². The van der Waals surface area contributed by atoms with Gasteiger partial charge in [0.15, 0.2) is 17.5 Å². The van der Waals surface area contributed by atoms with Gasteiger partial charge in [0.05, 0.1) is 5.56 Å². The molecule has 1 nitrogen and oxygen atoms in total. The minimum absolute atomic E-state index is 0.119. The molecular formula is C28H35F5O. The molecule has 0 radical (unpaired) electrons. The number of hydrogen-bond donors (Lipinski definition) is 0. The fourth-order valence-corrected chi connectivity index (χ4v) is 4.91. The lowest BCUT2D eigenvalue weighted by molar-refractivity contribution is -0.185. The number of unbranched alkanes of at least 4 members (excludes halogenated alkanes) is 6. The molecule has 0 amide bonds. The normalized spacial score (nSPS) is 18.8. The molecule has 0 saturated heterocycles. The molecule has 0 heterocycles. The van der Waals surface area contributed by atoms with Gasteiger partial charge in [0.1, 0.15) is 5.75 Å². The number of rotatable bonds is 12. The van der Waals surface area contributed by atoms with Gasteiger partial charge in [-0.2, -0.15) is 8.78 Å². The van der Waals surface area contributed by atoms with Crippen LogP contribution in [0.5, 0.6) is 5.75 Å². The maximum absolute atomic E-state index is 14.4. The summed E-state index contributed by atoms with van der Waals surface area (Å²) < 4.78 is 73.1. The summed E-state index contributed by atoms with van der Waals surface area (Å²) in [5.41, 5.74) is 0.0103. The van der Waals surface area contributed by atoms with Gasteiger partial charge in [0, 0.05) is 0 Å². The Hall–Kier alpha value is -2.11. The summed E-state index contributed by atoms with van der Waals surface area (Å²) >= 11 is 0. The Labute approximate surface area is 199 Å². The highest BCUT2D eigenvalue weighted by Crippen LogP contribution is 2.39. The SMILES string of the molecule is CCCCCCCCCC1CCC(c2ccc(OC(F)(F)c3cc(F)c(F)c(F)c3)cc2)CC1. The molecule has 0 unspecified atom stereocenters. The van der Waals surface area contributed by atoms with Gasteiger partial charge < -0.3 is 4.74 Å². The van der Waals surface area contributed by atoms with Gasteiger partial charge >= 0.3 is 6.11 Å². The Kier molecular flexibility index (Phi) is 9.78. The zero-order chi connectivity index (χ0) is 24.6. The van der Waals surface area contributed by atoms with E-state index in [9.17, 15) is 22.0 Å². The van der Waals surface area contributed by atoms with Crippen LogP contribution in [0.1, 0.15) is 101 Å². The van der Waals surface area contributed by atoms with Crippen LogP contribution in [0.25, 0.3) is 0 Å². The van der Waals surface area contributed by atoms with Gasteiger partial charge in [-0.25, -0.2) is 13.2 Å². The Balaban J connectivity index is 1.45. The summed E-state index contributed by atoms with van der Waals surface area (Å²) in [5, 5.41) is 0. The van der Waals surface area contributed by atoms with Gasteiger partial charge in [-0.3, -0.25) is 0 Å². The van der Waals surface area contributed by atoms with Crippen LogP contribution in [0.15, 0.2) is 36.4 Å². The largest absolute Gasteiger partial charge is 0.429 e. The van der Waals surface area contributed by atoms with Gasteiger partial charge in [-0.1, -0.05) is 70.4 Å². The number of benzene rings is 2. The standard InChI is InChI=1S/C28H35F5O/c1-2-3-4-5-6-7-8-9-20-10-12-21(13-11-20)22-14-16-24(17-15-22)34-28(32,33)23-18-25(29)27(31)26(30)19-23/h14-21H,2-13H2,1H3. The van der Waals surface area contributed by atoms with Gasteiger partial charge in [-0.05, 0) is 67.3 Å². The van der Waals surface area contributed by atoms with E-state index in [0.717, 1.165) is 24.3 Å². The van der Waals surface area contributed by atoms with Crippen molar-refractivity contribution in [3.63, 3.8) is 0 Å². The van der Waals surface area contributed by atoms with E-state index >= 15 is 0 Å². The zero-order valence-electron chi connectivity index (χ0n) is 19.9. The summed E-state index contributed by atoms with van der Waals surface area (Å²) in [4.78, 5) is 0. The third-order valence-electron chi connectivity index (χ3n) is 6.98. The summed E-state index contributed by atoms with van der Waals surface area (Å²) in [6.07, 6.45) is 11.2. The molecule has 0 N–H and O–H groups in total. The summed E-state index contributed by atoms with van der Waals surface area (Å²) in [6.45, 7) is 2.24. The predicted molar refractivity (Wildman–Crippen MR) is 125 cm³/mol. The van der Waals surface area contributed by atoms with E-state index in [1.54, 1.807) is 12.1 Å². The van der Waals surface area contributed by atoms with Crippen molar-refractivity contribution < 1.29 is 26.7 Å². The summed E-state index contributed by atoms with van der Waals surface area (Å²) in [6, 6.07) is 6.95. The maximum atomic E-state index is 14.4. The van der Waals surface area contributed by atoms with Gasteiger partial charge in [0.2, 0.25) is 0 Å². The molecular weight excluding hydrogens is 447 g/mol. The molecule has 0 aromatic heterocycles. The van der Waals surface area contributed by atoms with Gasteiger partial charge in [-0.15, -0.1) is 0 Å². The van der Waals surface area contributed by atoms with E-state index in [1.807, 2.05) is 0 Å². The van der Waals surface area contributed by atoms with Crippen LogP contribution < -0.4 is 4.74 Å². The van der Waals surface area contributed by atoms with E-state index in [-0.39, 0.29) is 17.9 Å². The topological polar surface area (TPSA) is 9.23 Å². The van der Waals surface area contributed by atoms with Gasteiger partial charge in [0.25, 0.3) is 0 Å². The number of ether oxygens (including phenoxy) is 1. The van der Waals surface area contributed by atoms with Crippen molar-refractivity contribution in [1.29, 1.82) is 0 Å². The van der Waals surface area contributed by atoms with E-state index in [1.165, 1.54) is 76.3 Å². The Morgan fingerprint density at radius 2 is 1.35 bits per heavy atom. The predicted octanol–water partition coefficient (Wildman–Crippen LogP) is 9.65. The highest BCUT2D eigenvalue weighted by molar-refractivity contribution is 5.31. The maximum Gasteiger partial charge on any atom is 0.426 e. The van der Waals surface area contributed by atoms with E-state index in [2.05, 4.69) is 6.92 Å². The lowest BCUT2D eigenvalue weighted by Gasteiger charge is -2.29. The van der Waals surface area contributed by atoms with E-state index in [4.69, 9.17) is 4.74 Å². The molecule has 0 spiro atoms. The van der Waals surface area contributed by atoms with Crippen molar-refractivity contribution in [1.82, 2.24) is 0 Å². The average molecular weight is 483 g/mol. The summed E-state index contributed by atoms with van der Waals surface area (Å²) in [7, 11) is 0. The second-order valence-electron chi connectivity index (χ2n) is 9.57. The minimum atomic E-state index is -4.00. The fourth-order valence-electron chi connectivity index (χ4n) is 4.91. The first-order valence-corrected chi connectivity index (χ1v) is 12.6. The lowest BCUT2D eigenvalue weighted by atomic mass is 9.77.